The van der Waals surface area contributed by atoms with Crippen molar-refractivity contribution in [2.24, 2.45) is 5.10 Å². The summed E-state index contributed by atoms with van der Waals surface area (Å²) in [5.41, 5.74) is 1.86. The summed E-state index contributed by atoms with van der Waals surface area (Å²) in [6.07, 6.45) is 3.11. The summed E-state index contributed by atoms with van der Waals surface area (Å²) in [5, 5.41) is 12.3. The van der Waals surface area contributed by atoms with Gasteiger partial charge in [-0.15, -0.1) is 0 Å². The molecule has 0 aliphatic carbocycles. The van der Waals surface area contributed by atoms with Gasteiger partial charge in [-0.2, -0.15) is 5.10 Å². The molecule has 0 radical (unpaired) electrons. The van der Waals surface area contributed by atoms with Gasteiger partial charge in [-0.1, -0.05) is 42.5 Å². The smallest absolute Gasteiger partial charge is 0.289 e. The molecule has 2 aliphatic heterocycles. The molecule has 1 saturated heterocycles. The number of amides is 2. The summed E-state index contributed by atoms with van der Waals surface area (Å²) < 4.78 is 5.79. The Morgan fingerprint density at radius 1 is 1.09 bits per heavy atom. The number of rotatable bonds is 3. The molecule has 2 atom stereocenters. The number of fused-ring (bicyclic) bond motifs is 1. The monoisotopic (exact) mass is 435 g/mol. The second-order valence-electron chi connectivity index (χ2n) is 7.99. The zero-order valence-electron chi connectivity index (χ0n) is 18.5. The molecule has 2 N–H and O–H groups in total. The molecule has 0 aromatic heterocycles. The minimum absolute atomic E-state index is 0.0548. The van der Waals surface area contributed by atoms with E-state index in [0.29, 0.717) is 11.4 Å². The van der Waals surface area contributed by atoms with Gasteiger partial charge in [0.1, 0.15) is 18.4 Å². The highest BCUT2D eigenvalue weighted by molar-refractivity contribution is 6.38. The Bertz CT molecular complexity index is 994. The number of para-hydroxylation sites is 2. The van der Waals surface area contributed by atoms with Crippen LogP contribution in [0, 0.1) is 0 Å². The number of hydrazone groups is 1. The van der Waals surface area contributed by atoms with Crippen molar-refractivity contribution < 1.29 is 14.3 Å². The van der Waals surface area contributed by atoms with Gasteiger partial charge >= 0.3 is 0 Å². The predicted octanol–water partition coefficient (Wildman–Crippen LogP) is 2.29. The number of carbonyl (C=O) groups is 2. The van der Waals surface area contributed by atoms with Gasteiger partial charge in [0.05, 0.1) is 11.7 Å². The fourth-order valence-corrected chi connectivity index (χ4v) is 4.17. The second-order valence-corrected chi connectivity index (χ2v) is 7.99. The fraction of sp³-hybridized carbons (Fsp3) is 0.375. The van der Waals surface area contributed by atoms with Crippen LogP contribution < -0.4 is 20.3 Å². The number of amidine groups is 1. The van der Waals surface area contributed by atoms with Crippen LogP contribution in [0.25, 0.3) is 0 Å². The van der Waals surface area contributed by atoms with Crippen LogP contribution >= 0.6 is 0 Å². The van der Waals surface area contributed by atoms with Gasteiger partial charge < -0.3 is 20.3 Å². The summed E-state index contributed by atoms with van der Waals surface area (Å²) in [6.45, 7) is 0.820. The lowest BCUT2D eigenvalue weighted by molar-refractivity contribution is -0.125. The van der Waals surface area contributed by atoms with E-state index in [1.807, 2.05) is 47.5 Å². The molecule has 1 fully saturated rings. The van der Waals surface area contributed by atoms with Gasteiger partial charge in [0.25, 0.3) is 11.8 Å². The van der Waals surface area contributed by atoms with Crippen molar-refractivity contribution in [2.75, 3.05) is 32.1 Å². The number of anilines is 1. The highest BCUT2D eigenvalue weighted by Crippen LogP contribution is 2.31. The average Bonchev–Trinajstić information content (AvgIpc) is 2.95. The van der Waals surface area contributed by atoms with E-state index in [2.05, 4.69) is 27.9 Å². The first-order valence-corrected chi connectivity index (χ1v) is 11.0. The molecule has 8 heteroatoms. The lowest BCUT2D eigenvalue weighted by Gasteiger charge is -2.34. The van der Waals surface area contributed by atoms with E-state index in [9.17, 15) is 9.59 Å². The van der Waals surface area contributed by atoms with Crippen LogP contribution in [-0.2, 0) is 9.59 Å². The van der Waals surface area contributed by atoms with Crippen LogP contribution in [-0.4, -0.2) is 55.9 Å². The molecule has 4 rings (SSSR count). The highest BCUT2D eigenvalue weighted by atomic mass is 16.5. The molecule has 168 valence electrons. The third-order valence-electron chi connectivity index (χ3n) is 5.91. The van der Waals surface area contributed by atoms with E-state index in [1.54, 1.807) is 14.1 Å². The van der Waals surface area contributed by atoms with Gasteiger partial charge in [-0.25, -0.2) is 0 Å². The Morgan fingerprint density at radius 3 is 2.62 bits per heavy atom. The van der Waals surface area contributed by atoms with Gasteiger partial charge in [0, 0.05) is 20.6 Å². The lowest BCUT2D eigenvalue weighted by atomic mass is 9.97. The maximum Gasteiger partial charge on any atom is 0.289 e. The number of hydrogen-bond donors (Lipinski definition) is 2. The summed E-state index contributed by atoms with van der Waals surface area (Å²) in [6, 6.07) is 16.8. The van der Waals surface area contributed by atoms with Gasteiger partial charge in [-0.3, -0.25) is 14.6 Å². The quantitative estimate of drug-likeness (QED) is 0.571. The molecule has 2 aliphatic rings. The van der Waals surface area contributed by atoms with Gasteiger partial charge in [0.15, 0.2) is 0 Å². The Morgan fingerprint density at radius 2 is 1.84 bits per heavy atom. The van der Waals surface area contributed by atoms with Crippen LogP contribution in [0.1, 0.15) is 30.9 Å². The average molecular weight is 436 g/mol. The van der Waals surface area contributed by atoms with E-state index < -0.39 is 11.9 Å². The van der Waals surface area contributed by atoms with Crippen LogP contribution in [0.4, 0.5) is 5.69 Å². The first-order chi connectivity index (χ1) is 15.6. The maximum atomic E-state index is 13.0. The largest absolute Gasteiger partial charge is 0.489 e. The molecular weight excluding hydrogens is 406 g/mol. The molecule has 0 unspecified atom stereocenters. The molecule has 32 heavy (non-hydrogen) atoms. The Balaban J connectivity index is 1.50. The van der Waals surface area contributed by atoms with Crippen LogP contribution in [0.15, 0.2) is 59.7 Å². The van der Waals surface area contributed by atoms with E-state index >= 15 is 0 Å². The molecule has 0 spiro atoms. The number of carbonyl (C=O) groups excluding carboxylic acids is 2. The van der Waals surface area contributed by atoms with Crippen LogP contribution in [0.3, 0.4) is 0 Å². The van der Waals surface area contributed by atoms with Crippen molar-refractivity contribution in [1.29, 1.82) is 0 Å². The number of benzene rings is 2. The highest BCUT2D eigenvalue weighted by Gasteiger charge is 2.32. The lowest BCUT2D eigenvalue weighted by Crippen LogP contribution is -2.53. The fourth-order valence-electron chi connectivity index (χ4n) is 4.17. The predicted molar refractivity (Wildman–Crippen MR) is 124 cm³/mol. The Labute approximate surface area is 188 Å². The van der Waals surface area contributed by atoms with Crippen LogP contribution in [0.2, 0.25) is 0 Å². The molecule has 2 amide bonds. The minimum Gasteiger partial charge on any atom is -0.489 e. The normalized spacial score (nSPS) is 21.3. The van der Waals surface area contributed by atoms with E-state index in [4.69, 9.17) is 4.74 Å². The van der Waals surface area contributed by atoms with E-state index in [1.165, 1.54) is 10.5 Å². The number of ether oxygens (including phenoxy) is 1. The molecule has 2 heterocycles. The third kappa shape index (κ3) is 4.54. The zero-order valence-corrected chi connectivity index (χ0v) is 18.5. The zero-order chi connectivity index (χ0) is 22.5. The first kappa shape index (κ1) is 21.7. The molecule has 0 bridgehead atoms. The Kier molecular flexibility index (Phi) is 6.58. The van der Waals surface area contributed by atoms with Crippen molar-refractivity contribution in [2.45, 2.75) is 31.3 Å². The summed E-state index contributed by atoms with van der Waals surface area (Å²) >= 11 is 0. The van der Waals surface area contributed by atoms with E-state index in [0.717, 1.165) is 25.8 Å². The van der Waals surface area contributed by atoms with Gasteiger partial charge in [-0.05, 0) is 37.0 Å². The molecule has 8 nitrogen and oxygen atoms in total. The SMILES string of the molecule is CN/C(=N\N1CCCC[C@@H]1c1ccccc1)C(=O)N[C@H]1COc2ccccc2N(C)C1=O. The number of hydrogen-bond acceptors (Lipinski definition) is 5. The third-order valence-corrected chi connectivity index (χ3v) is 5.91. The number of nitrogens with zero attached hydrogens (tertiary/aromatic N) is 3. The van der Waals surface area contributed by atoms with Gasteiger partial charge in [0.2, 0.25) is 5.84 Å². The van der Waals surface area contributed by atoms with Crippen LogP contribution in [0.5, 0.6) is 5.75 Å². The summed E-state index contributed by atoms with van der Waals surface area (Å²) in [5.74, 6) is 0.108. The molecule has 2 aromatic carbocycles. The summed E-state index contributed by atoms with van der Waals surface area (Å²) in [4.78, 5) is 27.5. The van der Waals surface area contributed by atoms with Crippen molar-refractivity contribution in [3.63, 3.8) is 0 Å². The van der Waals surface area contributed by atoms with Crippen molar-refractivity contribution in [3.8, 4) is 5.75 Å². The standard InChI is InChI=1S/C24H29N5O3/c1-25-22(27-29-15-9-8-12-19(29)17-10-4-3-5-11-17)23(30)26-18-16-32-21-14-7-6-13-20(21)28(2)24(18)31/h3-7,10-11,13-14,18-19H,8-9,12,15-16H2,1-2H3,(H,25,27)(H,26,30)/t18-,19+/m0/s1. The maximum absolute atomic E-state index is 13.0. The molecular formula is C24H29N5O3. The van der Waals surface area contributed by atoms with Crippen molar-refractivity contribution in [3.05, 3.63) is 60.2 Å². The summed E-state index contributed by atoms with van der Waals surface area (Å²) in [7, 11) is 3.34. The molecule has 0 saturated carbocycles. The Hall–Kier alpha value is -3.55. The number of piperidine rings is 1. The number of nitrogens with one attached hydrogen (secondary N) is 2. The molecule has 2 aromatic rings. The van der Waals surface area contributed by atoms with Crippen molar-refractivity contribution in [1.82, 2.24) is 15.6 Å². The number of likely N-dealkylation sites (N-methyl/N-ethyl adjacent to an activating group) is 2. The topological polar surface area (TPSA) is 86.3 Å². The van der Waals surface area contributed by atoms with Crippen molar-refractivity contribution >= 4 is 23.3 Å². The minimum atomic E-state index is -0.815. The van der Waals surface area contributed by atoms with E-state index in [-0.39, 0.29) is 24.4 Å². The second kappa shape index (κ2) is 9.72. The first-order valence-electron chi connectivity index (χ1n) is 11.0.